The van der Waals surface area contributed by atoms with Crippen molar-refractivity contribution in [3.05, 3.63) is 59.7 Å². The van der Waals surface area contributed by atoms with Gasteiger partial charge in [0.2, 0.25) is 5.91 Å². The fraction of sp³-hybridized carbons (Fsp3) is 0.348. The fourth-order valence-electron chi connectivity index (χ4n) is 4.23. The van der Waals surface area contributed by atoms with Gasteiger partial charge in [0.15, 0.2) is 0 Å². The summed E-state index contributed by atoms with van der Waals surface area (Å²) in [4.78, 5) is 35.1. The summed E-state index contributed by atoms with van der Waals surface area (Å²) in [6.07, 6.45) is -0.810. The van der Waals surface area contributed by atoms with Crippen molar-refractivity contribution in [3.63, 3.8) is 0 Å². The minimum atomic E-state index is -3.34. The van der Waals surface area contributed by atoms with Crippen molar-refractivity contribution in [3.8, 4) is 11.1 Å². The molecule has 7 nitrogen and oxygen atoms in total. The third-order valence-electron chi connectivity index (χ3n) is 6.04. The molecule has 0 aliphatic heterocycles. The van der Waals surface area contributed by atoms with E-state index in [1.807, 2.05) is 48.5 Å². The molecule has 0 spiro atoms. The number of carboxylic acid groups (broad SMARTS) is 1. The van der Waals surface area contributed by atoms with Gasteiger partial charge in [-0.1, -0.05) is 48.5 Å². The lowest BCUT2D eigenvalue weighted by Gasteiger charge is -2.17. The van der Waals surface area contributed by atoms with Crippen molar-refractivity contribution in [2.75, 3.05) is 13.2 Å². The number of nitrogens with one attached hydrogen (secondary N) is 2. The molecule has 32 heavy (non-hydrogen) atoms. The number of ether oxygens (including phenoxy) is 1. The highest BCUT2D eigenvalue weighted by atomic mass is 19.3. The topological polar surface area (TPSA) is 105 Å². The number of hydrogen-bond acceptors (Lipinski definition) is 4. The maximum absolute atomic E-state index is 13.4. The van der Waals surface area contributed by atoms with E-state index in [0.717, 1.165) is 22.3 Å². The first-order valence-corrected chi connectivity index (χ1v) is 10.2. The number of carboxylic acids is 1. The van der Waals surface area contributed by atoms with Gasteiger partial charge in [-0.25, -0.2) is 13.6 Å². The van der Waals surface area contributed by atoms with Gasteiger partial charge in [0.05, 0.1) is 5.92 Å². The van der Waals surface area contributed by atoms with E-state index in [2.05, 4.69) is 10.6 Å². The molecule has 2 amide bonds. The number of alkyl halides is 2. The molecule has 4 rings (SSSR count). The molecule has 2 aliphatic rings. The second-order valence-corrected chi connectivity index (χ2v) is 8.03. The summed E-state index contributed by atoms with van der Waals surface area (Å²) >= 11 is 0. The molecule has 0 bridgehead atoms. The Hall–Kier alpha value is -3.49. The normalized spacial score (nSPS) is 21.1. The number of fused-ring (bicyclic) bond motifs is 3. The molecule has 0 radical (unpaired) electrons. The predicted molar refractivity (Wildman–Crippen MR) is 110 cm³/mol. The Bertz CT molecular complexity index is 1030. The number of alkyl carbamates (subject to hydrolysis) is 1. The number of carbonyl (C=O) groups is 3. The maximum Gasteiger partial charge on any atom is 0.407 e. The van der Waals surface area contributed by atoms with Crippen LogP contribution in [0.4, 0.5) is 13.6 Å². The molecule has 2 unspecified atom stereocenters. The third-order valence-corrected chi connectivity index (χ3v) is 6.04. The minimum Gasteiger partial charge on any atom is -0.481 e. The van der Waals surface area contributed by atoms with Gasteiger partial charge in [-0.3, -0.25) is 9.59 Å². The summed E-state index contributed by atoms with van der Waals surface area (Å²) in [5.41, 5.74) is 4.26. The highest BCUT2D eigenvalue weighted by molar-refractivity contribution is 5.85. The van der Waals surface area contributed by atoms with Crippen LogP contribution in [-0.2, 0) is 14.3 Å². The zero-order valence-electron chi connectivity index (χ0n) is 17.2. The second kappa shape index (κ2) is 8.22. The molecule has 0 saturated heterocycles. The molecule has 1 fully saturated rings. The smallest absolute Gasteiger partial charge is 0.407 e. The molecule has 1 saturated carbocycles. The van der Waals surface area contributed by atoms with Crippen molar-refractivity contribution in [2.24, 2.45) is 11.8 Å². The lowest BCUT2D eigenvalue weighted by molar-refractivity contribution is -0.141. The molecule has 9 heteroatoms. The Morgan fingerprint density at radius 3 is 2.16 bits per heavy atom. The molecule has 2 aromatic carbocycles. The van der Waals surface area contributed by atoms with Crippen molar-refractivity contribution < 1.29 is 33.0 Å². The second-order valence-electron chi connectivity index (χ2n) is 8.03. The highest BCUT2D eigenvalue weighted by Crippen LogP contribution is 2.54. The van der Waals surface area contributed by atoms with Gasteiger partial charge in [-0.15, -0.1) is 0 Å². The summed E-state index contributed by atoms with van der Waals surface area (Å²) in [5, 5.41) is 13.4. The van der Waals surface area contributed by atoms with Crippen LogP contribution in [-0.4, -0.2) is 48.2 Å². The molecule has 168 valence electrons. The number of aliphatic carboxylic acids is 1. The van der Waals surface area contributed by atoms with E-state index in [0.29, 0.717) is 0 Å². The lowest BCUT2D eigenvalue weighted by Crippen LogP contribution is -2.46. The number of hydrogen-bond donors (Lipinski definition) is 3. The monoisotopic (exact) mass is 444 g/mol. The zero-order valence-corrected chi connectivity index (χ0v) is 17.2. The Balaban J connectivity index is 1.29. The van der Waals surface area contributed by atoms with E-state index < -0.39 is 48.3 Å². The van der Waals surface area contributed by atoms with E-state index in [1.165, 1.54) is 6.92 Å². The first-order valence-electron chi connectivity index (χ1n) is 10.2. The summed E-state index contributed by atoms with van der Waals surface area (Å²) in [7, 11) is 0. The summed E-state index contributed by atoms with van der Waals surface area (Å²) < 4.78 is 32.2. The van der Waals surface area contributed by atoms with E-state index in [4.69, 9.17) is 9.84 Å². The molecule has 2 aromatic rings. The first kappa shape index (κ1) is 21.7. The van der Waals surface area contributed by atoms with Crippen LogP contribution >= 0.6 is 0 Å². The minimum absolute atomic E-state index is 0.0722. The van der Waals surface area contributed by atoms with Gasteiger partial charge >= 0.3 is 12.1 Å². The van der Waals surface area contributed by atoms with E-state index >= 15 is 0 Å². The highest BCUT2D eigenvalue weighted by Gasteiger charge is 2.72. The Labute approximate surface area is 182 Å². The average Bonchev–Trinajstić information content (AvgIpc) is 3.17. The van der Waals surface area contributed by atoms with Gasteiger partial charge in [0.1, 0.15) is 18.6 Å². The van der Waals surface area contributed by atoms with Crippen LogP contribution in [0.3, 0.4) is 0 Å². The maximum atomic E-state index is 13.4. The van der Waals surface area contributed by atoms with Crippen LogP contribution in [0.5, 0.6) is 0 Å². The molecule has 2 aliphatic carbocycles. The van der Waals surface area contributed by atoms with Crippen molar-refractivity contribution >= 4 is 18.0 Å². The number of carbonyl (C=O) groups excluding carboxylic acids is 2. The quantitative estimate of drug-likeness (QED) is 0.609. The molecular weight excluding hydrogens is 422 g/mol. The van der Waals surface area contributed by atoms with Gasteiger partial charge < -0.3 is 20.5 Å². The van der Waals surface area contributed by atoms with Gasteiger partial charge in [0.25, 0.3) is 5.92 Å². The molecular formula is C23H22F2N2O5. The van der Waals surface area contributed by atoms with Crippen LogP contribution in [0.25, 0.3) is 11.1 Å². The molecule has 3 atom stereocenters. The van der Waals surface area contributed by atoms with Crippen LogP contribution in [0.15, 0.2) is 48.5 Å². The molecule has 0 aromatic heterocycles. The summed E-state index contributed by atoms with van der Waals surface area (Å²) in [6.45, 7) is 0.971. The van der Waals surface area contributed by atoms with Crippen LogP contribution in [0, 0.1) is 11.8 Å². The standard InChI is InChI=1S/C23H22F2N2O5/c1-12(20(28)26-10-18-19(21(29)30)23(18,24)25)27-22(31)32-11-17-15-8-4-2-6-13(15)14-7-3-5-9-16(14)17/h2-9,12,17-19H,10-11H2,1H3,(H,26,28)(H,27,31)(H,29,30)/t12-,18?,19?/m1/s1. The Morgan fingerprint density at radius 2 is 1.62 bits per heavy atom. The first-order chi connectivity index (χ1) is 15.2. The van der Waals surface area contributed by atoms with E-state index in [1.54, 1.807) is 0 Å². The van der Waals surface area contributed by atoms with Crippen molar-refractivity contribution in [2.45, 2.75) is 24.8 Å². The van der Waals surface area contributed by atoms with Gasteiger partial charge in [-0.05, 0) is 29.2 Å². The number of rotatable bonds is 7. The Kier molecular flexibility index (Phi) is 5.58. The van der Waals surface area contributed by atoms with Crippen molar-refractivity contribution in [1.82, 2.24) is 10.6 Å². The SMILES string of the molecule is C[C@@H](NC(=O)OCC1c2ccccc2-c2ccccc21)C(=O)NCC1C(C(=O)O)C1(F)F. The third kappa shape index (κ3) is 3.90. The average molecular weight is 444 g/mol. The Morgan fingerprint density at radius 1 is 1.06 bits per heavy atom. The van der Waals surface area contributed by atoms with E-state index in [-0.39, 0.29) is 12.5 Å². The number of amides is 2. The van der Waals surface area contributed by atoms with Crippen LogP contribution in [0.2, 0.25) is 0 Å². The zero-order chi connectivity index (χ0) is 23.0. The lowest BCUT2D eigenvalue weighted by atomic mass is 9.98. The van der Waals surface area contributed by atoms with Crippen LogP contribution in [0.1, 0.15) is 24.0 Å². The van der Waals surface area contributed by atoms with E-state index in [9.17, 15) is 23.2 Å². The fourth-order valence-corrected chi connectivity index (χ4v) is 4.23. The summed E-state index contributed by atoms with van der Waals surface area (Å²) in [5.74, 6) is -9.03. The number of halogens is 2. The largest absolute Gasteiger partial charge is 0.481 e. The molecule has 0 heterocycles. The molecule has 3 N–H and O–H groups in total. The van der Waals surface area contributed by atoms with Gasteiger partial charge in [0, 0.05) is 12.5 Å². The number of benzene rings is 2. The van der Waals surface area contributed by atoms with Crippen molar-refractivity contribution in [1.29, 1.82) is 0 Å². The van der Waals surface area contributed by atoms with Gasteiger partial charge in [-0.2, -0.15) is 0 Å². The summed E-state index contributed by atoms with van der Waals surface area (Å²) in [6, 6.07) is 14.7. The van der Waals surface area contributed by atoms with Crippen LogP contribution < -0.4 is 10.6 Å². The predicted octanol–water partition coefficient (Wildman–Crippen LogP) is 3.00.